The van der Waals surface area contributed by atoms with Crippen LogP contribution in [0.25, 0.3) is 0 Å². The predicted molar refractivity (Wildman–Crippen MR) is 79.5 cm³/mol. The third-order valence-corrected chi connectivity index (χ3v) is 4.25. The Bertz CT molecular complexity index is 442. The lowest BCUT2D eigenvalue weighted by Crippen LogP contribution is -2.44. The Morgan fingerprint density at radius 2 is 1.95 bits per heavy atom. The molecule has 2 unspecified atom stereocenters. The van der Waals surface area contributed by atoms with Gasteiger partial charge >= 0.3 is 6.18 Å². The number of rotatable bonds is 4. The number of alkyl halides is 3. The zero-order chi connectivity index (χ0) is 15.5. The first kappa shape index (κ1) is 16.1. The van der Waals surface area contributed by atoms with Gasteiger partial charge in [0.05, 0.1) is 5.56 Å². The van der Waals surface area contributed by atoms with Crippen LogP contribution in [-0.4, -0.2) is 25.7 Å². The predicted octanol–water partition coefficient (Wildman–Crippen LogP) is 3.92. The smallest absolute Gasteiger partial charge is 0.371 e. The van der Waals surface area contributed by atoms with Crippen LogP contribution in [0.4, 0.5) is 18.9 Å². The van der Waals surface area contributed by atoms with E-state index in [0.717, 1.165) is 31.7 Å². The van der Waals surface area contributed by atoms with Crippen LogP contribution in [0, 0.1) is 5.92 Å². The molecule has 2 rings (SSSR count). The van der Waals surface area contributed by atoms with Gasteiger partial charge in [-0.25, -0.2) is 0 Å². The third-order valence-electron chi connectivity index (χ3n) is 4.25. The van der Waals surface area contributed by atoms with Crippen molar-refractivity contribution in [2.75, 3.05) is 24.5 Å². The molecule has 0 bridgehead atoms. The summed E-state index contributed by atoms with van der Waals surface area (Å²) in [6.45, 7) is 7.04. The van der Waals surface area contributed by atoms with E-state index in [1.54, 1.807) is 12.1 Å². The van der Waals surface area contributed by atoms with Gasteiger partial charge in [0.1, 0.15) is 0 Å². The van der Waals surface area contributed by atoms with E-state index < -0.39 is 11.7 Å². The van der Waals surface area contributed by atoms with E-state index in [4.69, 9.17) is 0 Å². The van der Waals surface area contributed by atoms with Crippen molar-refractivity contribution in [3.05, 3.63) is 29.8 Å². The molecular weight excluding hydrogens is 277 g/mol. The molecule has 1 aromatic carbocycles. The molecule has 1 N–H and O–H groups in total. The van der Waals surface area contributed by atoms with Gasteiger partial charge in [-0.05, 0) is 56.5 Å². The Balaban J connectivity index is 2.04. The molecule has 1 aromatic rings. The van der Waals surface area contributed by atoms with Crippen molar-refractivity contribution in [1.82, 2.24) is 5.32 Å². The number of piperidine rings is 1. The molecule has 1 aliphatic heterocycles. The summed E-state index contributed by atoms with van der Waals surface area (Å²) in [5, 5.41) is 3.44. The molecule has 0 saturated carbocycles. The standard InChI is InChI=1S/C16H23F3N2/c1-3-20-12(2)13-5-4-10-21(11-13)15-8-6-14(7-9-15)16(17,18)19/h6-9,12-13,20H,3-5,10-11H2,1-2H3. The van der Waals surface area contributed by atoms with Crippen molar-refractivity contribution in [1.29, 1.82) is 0 Å². The number of nitrogens with zero attached hydrogens (tertiary/aromatic N) is 1. The van der Waals surface area contributed by atoms with Crippen molar-refractivity contribution >= 4 is 5.69 Å². The molecule has 1 aliphatic rings. The van der Waals surface area contributed by atoms with Gasteiger partial charge in [-0.3, -0.25) is 0 Å². The Labute approximate surface area is 124 Å². The topological polar surface area (TPSA) is 15.3 Å². The molecule has 1 heterocycles. The average Bonchev–Trinajstić information content (AvgIpc) is 2.47. The summed E-state index contributed by atoms with van der Waals surface area (Å²) >= 11 is 0. The van der Waals surface area contributed by atoms with Gasteiger partial charge in [0, 0.05) is 24.8 Å². The summed E-state index contributed by atoms with van der Waals surface area (Å²) in [4.78, 5) is 2.20. The third kappa shape index (κ3) is 4.13. The van der Waals surface area contributed by atoms with Gasteiger partial charge in [-0.15, -0.1) is 0 Å². The Morgan fingerprint density at radius 3 is 2.52 bits per heavy atom. The summed E-state index contributed by atoms with van der Waals surface area (Å²) in [5.41, 5.74) is 0.303. The maximum atomic E-state index is 12.6. The quantitative estimate of drug-likeness (QED) is 0.906. The molecule has 2 atom stereocenters. The number of hydrogen-bond donors (Lipinski definition) is 1. The molecule has 0 aromatic heterocycles. The van der Waals surface area contributed by atoms with Gasteiger partial charge in [-0.1, -0.05) is 6.92 Å². The molecule has 2 nitrogen and oxygen atoms in total. The second-order valence-electron chi connectivity index (χ2n) is 5.74. The summed E-state index contributed by atoms with van der Waals surface area (Å²) in [6, 6.07) is 5.96. The molecule has 118 valence electrons. The highest BCUT2D eigenvalue weighted by molar-refractivity contribution is 5.48. The highest BCUT2D eigenvalue weighted by Gasteiger charge is 2.30. The van der Waals surface area contributed by atoms with Crippen molar-refractivity contribution in [3.63, 3.8) is 0 Å². The molecule has 5 heteroatoms. The fourth-order valence-corrected chi connectivity index (χ4v) is 3.00. The van der Waals surface area contributed by atoms with E-state index in [9.17, 15) is 13.2 Å². The van der Waals surface area contributed by atoms with Gasteiger partial charge in [-0.2, -0.15) is 13.2 Å². The summed E-state index contributed by atoms with van der Waals surface area (Å²) in [5.74, 6) is 0.543. The zero-order valence-corrected chi connectivity index (χ0v) is 12.6. The molecule has 0 radical (unpaired) electrons. The van der Waals surface area contributed by atoms with Crippen LogP contribution in [0.5, 0.6) is 0 Å². The fraction of sp³-hybridized carbons (Fsp3) is 0.625. The molecule has 0 aliphatic carbocycles. The average molecular weight is 300 g/mol. The van der Waals surface area contributed by atoms with Crippen LogP contribution in [0.15, 0.2) is 24.3 Å². The van der Waals surface area contributed by atoms with E-state index in [0.29, 0.717) is 12.0 Å². The van der Waals surface area contributed by atoms with Gasteiger partial charge < -0.3 is 10.2 Å². The minimum absolute atomic E-state index is 0.437. The largest absolute Gasteiger partial charge is 0.416 e. The number of anilines is 1. The van der Waals surface area contributed by atoms with Crippen molar-refractivity contribution in [3.8, 4) is 0 Å². The van der Waals surface area contributed by atoms with Gasteiger partial charge in [0.15, 0.2) is 0 Å². The van der Waals surface area contributed by atoms with Crippen molar-refractivity contribution in [2.45, 2.75) is 38.9 Å². The molecule has 1 saturated heterocycles. The zero-order valence-electron chi connectivity index (χ0n) is 12.6. The maximum Gasteiger partial charge on any atom is 0.416 e. The lowest BCUT2D eigenvalue weighted by atomic mass is 9.91. The molecule has 21 heavy (non-hydrogen) atoms. The maximum absolute atomic E-state index is 12.6. The van der Waals surface area contributed by atoms with Crippen LogP contribution < -0.4 is 10.2 Å². The Kier molecular flexibility index (Phi) is 5.14. The SMILES string of the molecule is CCNC(C)C1CCCN(c2ccc(C(F)(F)F)cc2)C1. The normalized spacial score (nSPS) is 21.4. The fourth-order valence-electron chi connectivity index (χ4n) is 3.00. The summed E-state index contributed by atoms with van der Waals surface area (Å²) < 4.78 is 37.8. The highest BCUT2D eigenvalue weighted by Crippen LogP contribution is 2.31. The molecule has 1 fully saturated rings. The van der Waals surface area contributed by atoms with Crippen molar-refractivity contribution in [2.24, 2.45) is 5.92 Å². The summed E-state index contributed by atoms with van der Waals surface area (Å²) in [6.07, 6.45) is -2.00. The van der Waals surface area contributed by atoms with E-state index >= 15 is 0 Å². The van der Waals surface area contributed by atoms with Crippen LogP contribution in [0.3, 0.4) is 0 Å². The Hall–Kier alpha value is -1.23. The van der Waals surface area contributed by atoms with Crippen LogP contribution in [-0.2, 0) is 6.18 Å². The van der Waals surface area contributed by atoms with Crippen LogP contribution in [0.2, 0.25) is 0 Å². The van der Waals surface area contributed by atoms with Crippen LogP contribution in [0.1, 0.15) is 32.3 Å². The minimum atomic E-state index is -4.26. The van der Waals surface area contributed by atoms with Crippen LogP contribution >= 0.6 is 0 Å². The van der Waals surface area contributed by atoms with Gasteiger partial charge in [0.2, 0.25) is 0 Å². The lowest BCUT2D eigenvalue weighted by Gasteiger charge is -2.37. The second-order valence-corrected chi connectivity index (χ2v) is 5.74. The van der Waals surface area contributed by atoms with Crippen molar-refractivity contribution < 1.29 is 13.2 Å². The monoisotopic (exact) mass is 300 g/mol. The minimum Gasteiger partial charge on any atom is -0.371 e. The number of benzene rings is 1. The Morgan fingerprint density at radius 1 is 1.29 bits per heavy atom. The number of halogens is 3. The molecule has 0 spiro atoms. The van der Waals surface area contributed by atoms with E-state index in [2.05, 4.69) is 24.1 Å². The molecular formula is C16H23F3N2. The van der Waals surface area contributed by atoms with E-state index in [1.807, 2.05) is 0 Å². The van der Waals surface area contributed by atoms with E-state index in [1.165, 1.54) is 18.6 Å². The summed E-state index contributed by atoms with van der Waals surface area (Å²) in [7, 11) is 0. The first-order chi connectivity index (χ1) is 9.91. The first-order valence-corrected chi connectivity index (χ1v) is 7.57. The number of hydrogen-bond acceptors (Lipinski definition) is 2. The van der Waals surface area contributed by atoms with Gasteiger partial charge in [0.25, 0.3) is 0 Å². The lowest BCUT2D eigenvalue weighted by molar-refractivity contribution is -0.137. The first-order valence-electron chi connectivity index (χ1n) is 7.57. The van der Waals surface area contributed by atoms with E-state index in [-0.39, 0.29) is 0 Å². The molecule has 0 amide bonds. The number of nitrogens with one attached hydrogen (secondary N) is 1. The highest BCUT2D eigenvalue weighted by atomic mass is 19.4. The second kappa shape index (κ2) is 6.69.